The lowest BCUT2D eigenvalue weighted by atomic mass is 9.81. The Labute approximate surface area is 138 Å². The van der Waals surface area contributed by atoms with E-state index in [2.05, 4.69) is 27.6 Å². The molecule has 1 aliphatic carbocycles. The lowest BCUT2D eigenvalue weighted by molar-refractivity contribution is 0.271. The van der Waals surface area contributed by atoms with Crippen molar-refractivity contribution >= 4 is 48.9 Å². The molecule has 0 radical (unpaired) electrons. The third-order valence-corrected chi connectivity index (χ3v) is 8.19. The second kappa shape index (κ2) is 7.09. The van der Waals surface area contributed by atoms with Crippen LogP contribution in [0.2, 0.25) is 5.02 Å². The zero-order valence-corrected chi connectivity index (χ0v) is 15.3. The van der Waals surface area contributed by atoms with Gasteiger partial charge in [-0.2, -0.15) is 0 Å². The molecule has 114 valence electrons. The topological polar surface area (TPSA) is 46.2 Å². The van der Waals surface area contributed by atoms with Gasteiger partial charge >= 0.3 is 0 Å². The minimum absolute atomic E-state index is 0.270. The van der Waals surface area contributed by atoms with Crippen LogP contribution in [0.15, 0.2) is 14.1 Å². The van der Waals surface area contributed by atoms with E-state index in [0.717, 1.165) is 23.7 Å². The Balaban J connectivity index is 1.86. The van der Waals surface area contributed by atoms with Gasteiger partial charge in [-0.3, -0.25) is 0 Å². The standard InChI is InChI=1S/C13H19BrClNO2S2/c1-9-3-2-4-10(7-9)5-6-16-20(17,18)12-8-11(15)13(14)19-12/h8-10,16H,2-7H2,1H3. The van der Waals surface area contributed by atoms with Crippen molar-refractivity contribution in [3.8, 4) is 0 Å². The number of halogens is 2. The van der Waals surface area contributed by atoms with Crippen molar-refractivity contribution in [3.05, 3.63) is 14.9 Å². The first-order valence-electron chi connectivity index (χ1n) is 6.83. The van der Waals surface area contributed by atoms with Gasteiger partial charge in [-0.1, -0.05) is 37.8 Å². The van der Waals surface area contributed by atoms with Crippen LogP contribution in [0.3, 0.4) is 0 Å². The van der Waals surface area contributed by atoms with Gasteiger partial charge in [-0.25, -0.2) is 13.1 Å². The molecule has 0 amide bonds. The summed E-state index contributed by atoms with van der Waals surface area (Å²) in [6.45, 7) is 2.79. The highest BCUT2D eigenvalue weighted by atomic mass is 79.9. The third-order valence-electron chi connectivity index (χ3n) is 3.78. The van der Waals surface area contributed by atoms with E-state index >= 15 is 0 Å². The molecule has 1 aliphatic rings. The van der Waals surface area contributed by atoms with E-state index < -0.39 is 10.0 Å². The van der Waals surface area contributed by atoms with Gasteiger partial charge in [0.2, 0.25) is 10.0 Å². The molecule has 3 nitrogen and oxygen atoms in total. The molecule has 1 fully saturated rings. The van der Waals surface area contributed by atoms with Crippen LogP contribution in [-0.4, -0.2) is 15.0 Å². The van der Waals surface area contributed by atoms with Gasteiger partial charge in [-0.15, -0.1) is 11.3 Å². The van der Waals surface area contributed by atoms with Crippen molar-refractivity contribution in [1.82, 2.24) is 4.72 Å². The van der Waals surface area contributed by atoms with E-state index in [1.807, 2.05) is 0 Å². The molecule has 2 atom stereocenters. The summed E-state index contributed by atoms with van der Waals surface area (Å²) in [6, 6.07) is 1.49. The fourth-order valence-corrected chi connectivity index (χ4v) is 6.24. The molecule has 1 aromatic heterocycles. The van der Waals surface area contributed by atoms with E-state index in [-0.39, 0.29) is 4.21 Å². The van der Waals surface area contributed by atoms with Gasteiger partial charge in [0.05, 0.1) is 8.81 Å². The molecular formula is C13H19BrClNO2S2. The SMILES string of the molecule is CC1CCCC(CCNS(=O)(=O)c2cc(Cl)c(Br)s2)C1. The summed E-state index contributed by atoms with van der Waals surface area (Å²) in [4.78, 5) is 0. The molecule has 0 bridgehead atoms. The van der Waals surface area contributed by atoms with Gasteiger partial charge in [0.25, 0.3) is 0 Å². The van der Waals surface area contributed by atoms with Gasteiger partial charge in [0, 0.05) is 6.54 Å². The van der Waals surface area contributed by atoms with Crippen LogP contribution < -0.4 is 4.72 Å². The maximum atomic E-state index is 12.1. The normalized spacial score (nSPS) is 23.9. The minimum atomic E-state index is -3.42. The Bertz CT molecular complexity index is 539. The van der Waals surface area contributed by atoms with Crippen LogP contribution in [0.25, 0.3) is 0 Å². The van der Waals surface area contributed by atoms with Crippen LogP contribution in [0.5, 0.6) is 0 Å². The summed E-state index contributed by atoms with van der Waals surface area (Å²) < 4.78 is 27.9. The average molecular weight is 401 g/mol. The Morgan fingerprint density at radius 1 is 1.50 bits per heavy atom. The van der Waals surface area contributed by atoms with Crippen molar-refractivity contribution < 1.29 is 8.42 Å². The molecule has 20 heavy (non-hydrogen) atoms. The molecule has 1 aromatic rings. The van der Waals surface area contributed by atoms with E-state index in [1.165, 1.54) is 31.7 Å². The van der Waals surface area contributed by atoms with Crippen LogP contribution in [0.1, 0.15) is 39.0 Å². The number of nitrogens with one attached hydrogen (secondary N) is 1. The lowest BCUT2D eigenvalue weighted by Crippen LogP contribution is -2.26. The summed E-state index contributed by atoms with van der Waals surface area (Å²) in [5.41, 5.74) is 0. The summed E-state index contributed by atoms with van der Waals surface area (Å²) in [7, 11) is -3.42. The molecule has 0 spiro atoms. The van der Waals surface area contributed by atoms with Crippen LogP contribution in [0.4, 0.5) is 0 Å². The van der Waals surface area contributed by atoms with Crippen molar-refractivity contribution in [3.63, 3.8) is 0 Å². The molecule has 0 aromatic carbocycles. The Hall–Kier alpha value is 0.380. The molecule has 0 aliphatic heterocycles. The van der Waals surface area contributed by atoms with Crippen molar-refractivity contribution in [2.24, 2.45) is 11.8 Å². The fourth-order valence-electron chi connectivity index (χ4n) is 2.75. The lowest BCUT2D eigenvalue weighted by Gasteiger charge is -2.26. The summed E-state index contributed by atoms with van der Waals surface area (Å²) in [5.74, 6) is 1.43. The van der Waals surface area contributed by atoms with Gasteiger partial charge < -0.3 is 0 Å². The van der Waals surface area contributed by atoms with Crippen LogP contribution in [-0.2, 0) is 10.0 Å². The number of thiophene rings is 1. The van der Waals surface area contributed by atoms with E-state index in [4.69, 9.17) is 11.6 Å². The first-order chi connectivity index (χ1) is 9.38. The Kier molecular flexibility index (Phi) is 5.94. The highest BCUT2D eigenvalue weighted by molar-refractivity contribution is 9.11. The fraction of sp³-hybridized carbons (Fsp3) is 0.692. The predicted molar refractivity (Wildman–Crippen MR) is 88.0 cm³/mol. The number of sulfonamides is 1. The maximum Gasteiger partial charge on any atom is 0.250 e. The van der Waals surface area contributed by atoms with E-state index in [0.29, 0.717) is 21.3 Å². The van der Waals surface area contributed by atoms with Crippen molar-refractivity contribution in [2.45, 2.75) is 43.2 Å². The van der Waals surface area contributed by atoms with E-state index in [1.54, 1.807) is 0 Å². The first-order valence-corrected chi connectivity index (χ1v) is 10.3. The summed E-state index contributed by atoms with van der Waals surface area (Å²) in [6.07, 6.45) is 5.94. The van der Waals surface area contributed by atoms with Gasteiger partial charge in [0.15, 0.2) is 0 Å². The maximum absolute atomic E-state index is 12.1. The predicted octanol–water partition coefficient (Wildman–Crippen LogP) is 4.66. The molecule has 0 saturated heterocycles. The zero-order valence-electron chi connectivity index (χ0n) is 11.4. The third kappa shape index (κ3) is 4.44. The number of rotatable bonds is 5. The monoisotopic (exact) mass is 399 g/mol. The van der Waals surface area contributed by atoms with Crippen LogP contribution in [0, 0.1) is 11.8 Å². The number of hydrogen-bond acceptors (Lipinski definition) is 3. The number of hydrogen-bond donors (Lipinski definition) is 1. The Morgan fingerprint density at radius 2 is 2.25 bits per heavy atom. The Morgan fingerprint density at radius 3 is 2.85 bits per heavy atom. The second-order valence-electron chi connectivity index (χ2n) is 5.51. The molecule has 1 heterocycles. The molecule has 1 saturated carbocycles. The molecule has 2 unspecified atom stereocenters. The van der Waals surface area contributed by atoms with Gasteiger partial charge in [0.1, 0.15) is 4.21 Å². The zero-order chi connectivity index (χ0) is 14.8. The highest BCUT2D eigenvalue weighted by Gasteiger charge is 2.21. The van der Waals surface area contributed by atoms with Crippen molar-refractivity contribution in [1.29, 1.82) is 0 Å². The van der Waals surface area contributed by atoms with Crippen LogP contribution >= 0.6 is 38.9 Å². The molecule has 7 heteroatoms. The molecule has 2 rings (SSSR count). The summed E-state index contributed by atoms with van der Waals surface area (Å²) in [5, 5.41) is 0.441. The minimum Gasteiger partial charge on any atom is -0.210 e. The average Bonchev–Trinajstić information content (AvgIpc) is 2.70. The molecule has 1 N–H and O–H groups in total. The van der Waals surface area contributed by atoms with Crippen molar-refractivity contribution in [2.75, 3.05) is 6.54 Å². The van der Waals surface area contributed by atoms with Gasteiger partial charge in [-0.05, 0) is 46.7 Å². The van der Waals surface area contributed by atoms with E-state index in [9.17, 15) is 8.42 Å². The largest absolute Gasteiger partial charge is 0.250 e. The first kappa shape index (κ1) is 16.7. The second-order valence-corrected chi connectivity index (χ2v) is 10.3. The summed E-state index contributed by atoms with van der Waals surface area (Å²) >= 11 is 10.3. The highest BCUT2D eigenvalue weighted by Crippen LogP contribution is 2.34. The quantitative estimate of drug-likeness (QED) is 0.781. The smallest absolute Gasteiger partial charge is 0.210 e. The molecular weight excluding hydrogens is 382 g/mol.